The van der Waals surface area contributed by atoms with Gasteiger partial charge in [-0.15, -0.1) is 0 Å². The van der Waals surface area contributed by atoms with E-state index in [4.69, 9.17) is 4.74 Å². The van der Waals surface area contributed by atoms with Gasteiger partial charge in [-0.2, -0.15) is 5.26 Å². The van der Waals surface area contributed by atoms with Crippen molar-refractivity contribution in [3.05, 3.63) is 83.7 Å². The maximum Gasteiger partial charge on any atom is 0.258 e. The first-order valence-corrected chi connectivity index (χ1v) is 12.6. The molecule has 0 aliphatic rings. The lowest BCUT2D eigenvalue weighted by Crippen LogP contribution is -2.30. The number of nitriles is 1. The molecule has 2 heterocycles. The van der Waals surface area contributed by atoms with E-state index in [1.807, 2.05) is 0 Å². The number of pyridine rings is 1. The van der Waals surface area contributed by atoms with Crippen LogP contribution in [0.25, 0.3) is 11.0 Å². The number of hydrogen-bond acceptors (Lipinski definition) is 8. The summed E-state index contributed by atoms with van der Waals surface area (Å²) in [5.41, 5.74) is 0.0370. The molecule has 0 radical (unpaired) electrons. The summed E-state index contributed by atoms with van der Waals surface area (Å²) in [6.45, 7) is -0.379. The highest BCUT2D eigenvalue weighted by molar-refractivity contribution is 7.80. The molecule has 0 aliphatic heterocycles. The Hall–Kier alpha value is -4.54. The molecule has 0 saturated heterocycles. The molecule has 0 saturated carbocycles. The third kappa shape index (κ3) is 6.31. The van der Waals surface area contributed by atoms with E-state index < -0.39 is 40.5 Å². The van der Waals surface area contributed by atoms with Gasteiger partial charge in [0.1, 0.15) is 35.4 Å². The Morgan fingerprint density at radius 1 is 1.23 bits per heavy atom. The van der Waals surface area contributed by atoms with Gasteiger partial charge in [0.05, 0.1) is 35.8 Å². The average Bonchev–Trinajstić information content (AvgIpc) is 2.94. The molecule has 1 N–H and O–H groups in total. The first-order chi connectivity index (χ1) is 18.8. The highest BCUT2D eigenvalue weighted by atomic mass is 32.2. The van der Waals surface area contributed by atoms with Crippen LogP contribution in [0, 0.1) is 17.1 Å². The van der Waals surface area contributed by atoms with Gasteiger partial charge >= 0.3 is 0 Å². The van der Waals surface area contributed by atoms with Crippen molar-refractivity contribution in [2.24, 2.45) is 0 Å². The standard InChI is InChI=1S/C26H22F2N6O4S/c1-38-19-5-2-16(3-6-19)12-18(27)9-11-34(39(36)37)22-7-4-17(13-29)24(23(22)28)33-26(35)20-8-10-31-21-14-30-15-32-25(20)21/h2-8,10,14-15,18H,9,11-12H2,1H3,(H,33,35)(H,36,37)/p-1. The summed E-state index contributed by atoms with van der Waals surface area (Å²) in [5.74, 6) is -1.34. The number of hydrogen-bond donors (Lipinski definition) is 1. The van der Waals surface area contributed by atoms with Crippen molar-refractivity contribution < 1.29 is 27.1 Å². The number of aromatic nitrogens is 3. The lowest BCUT2D eigenvalue weighted by Gasteiger charge is -2.28. The van der Waals surface area contributed by atoms with Crippen LogP contribution in [0.3, 0.4) is 0 Å². The van der Waals surface area contributed by atoms with Crippen LogP contribution in [-0.4, -0.2) is 49.4 Å². The van der Waals surface area contributed by atoms with Gasteiger partial charge in [-0.1, -0.05) is 12.1 Å². The Kier molecular flexibility index (Phi) is 8.70. The summed E-state index contributed by atoms with van der Waals surface area (Å²) >= 11 is -2.98. The Morgan fingerprint density at radius 2 is 2.00 bits per heavy atom. The Bertz CT molecular complexity index is 1560. The monoisotopic (exact) mass is 551 g/mol. The van der Waals surface area contributed by atoms with Gasteiger partial charge in [-0.25, -0.2) is 18.7 Å². The molecule has 2 unspecified atom stereocenters. The average molecular weight is 552 g/mol. The van der Waals surface area contributed by atoms with Crippen molar-refractivity contribution in [2.45, 2.75) is 19.0 Å². The van der Waals surface area contributed by atoms with Gasteiger partial charge in [0.2, 0.25) is 0 Å². The highest BCUT2D eigenvalue weighted by Crippen LogP contribution is 2.31. The summed E-state index contributed by atoms with van der Waals surface area (Å²) < 4.78 is 60.1. The van der Waals surface area contributed by atoms with Crippen molar-refractivity contribution in [2.75, 3.05) is 23.3 Å². The molecule has 200 valence electrons. The predicted molar refractivity (Wildman–Crippen MR) is 139 cm³/mol. The minimum atomic E-state index is -2.98. The molecule has 4 rings (SSSR count). The quantitative estimate of drug-likeness (QED) is 0.293. The number of nitrogens with one attached hydrogen (secondary N) is 1. The van der Waals surface area contributed by atoms with Crippen molar-refractivity contribution in [3.8, 4) is 11.8 Å². The van der Waals surface area contributed by atoms with Crippen molar-refractivity contribution >= 4 is 39.6 Å². The summed E-state index contributed by atoms with van der Waals surface area (Å²) in [7, 11) is 1.51. The van der Waals surface area contributed by atoms with E-state index in [9.17, 15) is 23.2 Å². The molecule has 0 spiro atoms. The van der Waals surface area contributed by atoms with E-state index in [1.54, 1.807) is 30.3 Å². The molecule has 2 atom stereocenters. The number of alkyl halides is 1. The fourth-order valence-corrected chi connectivity index (χ4v) is 4.44. The second-order valence-corrected chi connectivity index (χ2v) is 9.13. The van der Waals surface area contributed by atoms with E-state index in [2.05, 4.69) is 20.3 Å². The van der Waals surface area contributed by atoms with Crippen molar-refractivity contribution in [3.63, 3.8) is 0 Å². The van der Waals surface area contributed by atoms with E-state index in [1.165, 1.54) is 38.0 Å². The van der Waals surface area contributed by atoms with Crippen LogP contribution >= 0.6 is 0 Å². The second-order valence-electron chi connectivity index (χ2n) is 8.26. The highest BCUT2D eigenvalue weighted by Gasteiger charge is 2.23. The van der Waals surface area contributed by atoms with Crippen LogP contribution in [0.5, 0.6) is 5.75 Å². The normalized spacial score (nSPS) is 12.4. The predicted octanol–water partition coefficient (Wildman–Crippen LogP) is 3.87. The molecular weight excluding hydrogens is 530 g/mol. The molecule has 0 fully saturated rings. The molecule has 13 heteroatoms. The zero-order valence-electron chi connectivity index (χ0n) is 20.5. The zero-order valence-corrected chi connectivity index (χ0v) is 21.3. The van der Waals surface area contributed by atoms with E-state index >= 15 is 4.39 Å². The molecule has 2 aromatic carbocycles. The summed E-state index contributed by atoms with van der Waals surface area (Å²) in [6, 6.07) is 12.2. The van der Waals surface area contributed by atoms with Crippen LogP contribution in [0.15, 0.2) is 61.2 Å². The molecule has 1 amide bonds. The van der Waals surface area contributed by atoms with Gasteiger partial charge in [0.25, 0.3) is 5.91 Å². The minimum absolute atomic E-state index is 0.0178. The molecule has 0 bridgehead atoms. The Balaban J connectivity index is 1.56. The van der Waals surface area contributed by atoms with Crippen LogP contribution in [0.1, 0.15) is 27.9 Å². The molecule has 39 heavy (non-hydrogen) atoms. The molecular formula is C26H21F2N6O4S-. The largest absolute Gasteiger partial charge is 0.755 e. The van der Waals surface area contributed by atoms with Crippen LogP contribution in [0.4, 0.5) is 20.2 Å². The van der Waals surface area contributed by atoms with Gasteiger partial charge in [-0.05, 0) is 42.3 Å². The SMILES string of the molecule is COc1ccc(CC(F)CCN(c2ccc(C#N)c(NC(=O)c3ccnc4cncnc34)c2F)S(=O)[O-])cc1. The number of ether oxygens (including phenoxy) is 1. The molecule has 4 aromatic rings. The summed E-state index contributed by atoms with van der Waals surface area (Å²) in [4.78, 5) is 25.0. The lowest BCUT2D eigenvalue weighted by molar-refractivity contribution is 0.102. The fraction of sp³-hybridized carbons (Fsp3) is 0.192. The van der Waals surface area contributed by atoms with E-state index in [0.717, 1.165) is 6.07 Å². The first kappa shape index (κ1) is 27.5. The van der Waals surface area contributed by atoms with Crippen LogP contribution in [-0.2, 0) is 17.7 Å². The number of fused-ring (bicyclic) bond motifs is 1. The molecule has 10 nitrogen and oxygen atoms in total. The number of nitrogens with zero attached hydrogens (tertiary/aromatic N) is 5. The third-order valence-corrected chi connectivity index (χ3v) is 6.58. The third-order valence-electron chi connectivity index (χ3n) is 5.84. The van der Waals surface area contributed by atoms with E-state index in [0.29, 0.717) is 21.1 Å². The first-order valence-electron chi connectivity index (χ1n) is 11.5. The van der Waals surface area contributed by atoms with Gasteiger partial charge in [-0.3, -0.25) is 18.3 Å². The number of benzene rings is 2. The van der Waals surface area contributed by atoms with Gasteiger partial charge < -0.3 is 14.6 Å². The number of amides is 1. The number of carbonyl (C=O) groups is 1. The van der Waals surface area contributed by atoms with Gasteiger partial charge in [0.15, 0.2) is 5.82 Å². The number of methoxy groups -OCH3 is 1. The van der Waals surface area contributed by atoms with Crippen LogP contribution < -0.4 is 14.4 Å². The summed E-state index contributed by atoms with van der Waals surface area (Å²) in [5, 5.41) is 11.8. The topological polar surface area (TPSA) is 144 Å². The maximum absolute atomic E-state index is 15.6. The Morgan fingerprint density at radius 3 is 2.69 bits per heavy atom. The molecule has 0 aliphatic carbocycles. The Labute approximate surface area is 224 Å². The van der Waals surface area contributed by atoms with Gasteiger partial charge in [0, 0.05) is 30.4 Å². The number of rotatable bonds is 10. The summed E-state index contributed by atoms with van der Waals surface area (Å²) in [6.07, 6.45) is 2.33. The van der Waals surface area contributed by atoms with Crippen LogP contribution in [0.2, 0.25) is 0 Å². The smallest absolute Gasteiger partial charge is 0.258 e. The van der Waals surface area contributed by atoms with E-state index in [-0.39, 0.29) is 36.0 Å². The zero-order chi connectivity index (χ0) is 27.9. The number of carbonyl (C=O) groups excluding carboxylic acids is 1. The van der Waals surface area contributed by atoms with Crippen molar-refractivity contribution in [1.82, 2.24) is 15.0 Å². The lowest BCUT2D eigenvalue weighted by atomic mass is 10.1. The fourth-order valence-electron chi connectivity index (χ4n) is 3.88. The molecule has 2 aromatic heterocycles. The minimum Gasteiger partial charge on any atom is -0.755 e. The number of halogens is 2. The van der Waals surface area contributed by atoms with Crippen molar-refractivity contribution in [1.29, 1.82) is 5.26 Å². The second kappa shape index (κ2) is 12.3. The maximum atomic E-state index is 15.6. The number of anilines is 2.